The van der Waals surface area contributed by atoms with Gasteiger partial charge in [-0.1, -0.05) is 43.3 Å². The van der Waals surface area contributed by atoms with Crippen molar-refractivity contribution in [2.45, 2.75) is 63.6 Å². The molecule has 1 N–H and O–H groups in total. The molecule has 2 unspecified atom stereocenters. The van der Waals surface area contributed by atoms with Gasteiger partial charge in [0.05, 0.1) is 17.7 Å². The fraction of sp³-hybridized carbons (Fsp3) is 0.379. The van der Waals surface area contributed by atoms with E-state index in [1.165, 1.54) is 4.31 Å². The smallest absolute Gasteiger partial charge is 0.265 e. The highest BCUT2D eigenvalue weighted by atomic mass is 32.2. The van der Waals surface area contributed by atoms with E-state index in [4.69, 9.17) is 4.74 Å². The minimum absolute atomic E-state index is 0.0107. The van der Waals surface area contributed by atoms with Gasteiger partial charge in [-0.3, -0.25) is 13.9 Å². The predicted molar refractivity (Wildman–Crippen MR) is 149 cm³/mol. The number of benzene rings is 3. The molecule has 4 rings (SSSR count). The van der Waals surface area contributed by atoms with Crippen LogP contribution in [0.25, 0.3) is 10.8 Å². The van der Waals surface area contributed by atoms with E-state index in [0.29, 0.717) is 22.8 Å². The molecule has 0 radical (unpaired) electrons. The van der Waals surface area contributed by atoms with E-state index < -0.39 is 16.1 Å². The average molecular weight is 538 g/mol. The molecule has 9 heteroatoms. The average Bonchev–Trinajstić information content (AvgIpc) is 3.14. The van der Waals surface area contributed by atoms with Crippen LogP contribution in [0.1, 0.15) is 45.6 Å². The number of sulfonamides is 1. The van der Waals surface area contributed by atoms with Gasteiger partial charge in [-0.15, -0.1) is 0 Å². The van der Waals surface area contributed by atoms with E-state index >= 15 is 0 Å². The number of nitrogens with zero attached hydrogens (tertiary/aromatic N) is 2. The molecular weight excluding hydrogens is 502 g/mol. The summed E-state index contributed by atoms with van der Waals surface area (Å²) < 4.78 is 33.3. The first-order chi connectivity index (χ1) is 18.2. The van der Waals surface area contributed by atoms with E-state index in [2.05, 4.69) is 5.32 Å². The largest absolute Gasteiger partial charge is 0.497 e. The van der Waals surface area contributed by atoms with E-state index in [-0.39, 0.29) is 37.4 Å². The van der Waals surface area contributed by atoms with Crippen LogP contribution in [0.3, 0.4) is 0 Å². The number of methoxy groups -OCH3 is 1. The number of ether oxygens (including phenoxy) is 1. The van der Waals surface area contributed by atoms with Gasteiger partial charge in [0, 0.05) is 30.9 Å². The molecule has 202 valence electrons. The van der Waals surface area contributed by atoms with Gasteiger partial charge in [0.1, 0.15) is 11.8 Å². The fourth-order valence-electron chi connectivity index (χ4n) is 4.73. The van der Waals surface area contributed by atoms with Gasteiger partial charge in [0.15, 0.2) is 0 Å². The van der Waals surface area contributed by atoms with Crippen molar-refractivity contribution in [3.8, 4) is 5.75 Å². The highest BCUT2D eigenvalue weighted by Crippen LogP contribution is 2.42. The maximum atomic E-state index is 13.5. The van der Waals surface area contributed by atoms with Crippen LogP contribution < -0.4 is 14.4 Å². The van der Waals surface area contributed by atoms with Gasteiger partial charge in [-0.2, -0.15) is 0 Å². The van der Waals surface area contributed by atoms with E-state index in [1.54, 1.807) is 37.1 Å². The first-order valence-electron chi connectivity index (χ1n) is 12.9. The highest BCUT2D eigenvalue weighted by Gasteiger charge is 2.35. The van der Waals surface area contributed by atoms with Crippen molar-refractivity contribution in [2.24, 2.45) is 0 Å². The zero-order valence-corrected chi connectivity index (χ0v) is 23.1. The quantitative estimate of drug-likeness (QED) is 0.389. The van der Waals surface area contributed by atoms with Crippen molar-refractivity contribution in [1.29, 1.82) is 0 Å². The maximum absolute atomic E-state index is 13.5. The summed E-state index contributed by atoms with van der Waals surface area (Å²) in [6.45, 7) is 6.03. The Balaban J connectivity index is 1.50. The molecule has 1 aliphatic rings. The molecule has 2 amide bonds. The Kier molecular flexibility index (Phi) is 8.26. The Bertz CT molecular complexity index is 1430. The summed E-state index contributed by atoms with van der Waals surface area (Å²) >= 11 is 0. The van der Waals surface area contributed by atoms with Crippen molar-refractivity contribution in [3.05, 3.63) is 66.2 Å². The summed E-state index contributed by atoms with van der Waals surface area (Å²) in [5, 5.41) is 4.55. The summed E-state index contributed by atoms with van der Waals surface area (Å²) in [6, 6.07) is 17.5. The lowest BCUT2D eigenvalue weighted by Gasteiger charge is -2.30. The standard InChI is InChI=1S/C29H35N3O5S/c1-5-20(2)30-29(34)21(3)31(19-22-10-6-13-24(18-22)37-4)27(33)16-9-17-32-25-14-7-11-23-12-8-15-26(28(23)25)38(32,35)36/h6-8,10-15,18,20-21H,5,9,16-17,19H2,1-4H3,(H,30,34). The van der Waals surface area contributed by atoms with Gasteiger partial charge < -0.3 is 15.0 Å². The van der Waals surface area contributed by atoms with Crippen molar-refractivity contribution in [1.82, 2.24) is 10.2 Å². The predicted octanol–water partition coefficient (Wildman–Crippen LogP) is 4.47. The molecule has 2 atom stereocenters. The fourth-order valence-corrected chi connectivity index (χ4v) is 6.48. The SMILES string of the molecule is CCC(C)NC(=O)C(C)N(Cc1cccc(OC)c1)C(=O)CCCN1c2cccc3cccc(c23)S1(=O)=O. The topological polar surface area (TPSA) is 96.0 Å². The molecule has 0 aromatic heterocycles. The summed E-state index contributed by atoms with van der Waals surface area (Å²) in [7, 11) is -2.11. The van der Waals surface area contributed by atoms with Crippen LogP contribution in [0.15, 0.2) is 65.6 Å². The van der Waals surface area contributed by atoms with E-state index in [9.17, 15) is 18.0 Å². The molecule has 0 fully saturated rings. The number of rotatable bonds is 11. The van der Waals surface area contributed by atoms with E-state index in [0.717, 1.165) is 22.8 Å². The van der Waals surface area contributed by atoms with Gasteiger partial charge in [0.25, 0.3) is 10.0 Å². The minimum Gasteiger partial charge on any atom is -0.497 e. The van der Waals surface area contributed by atoms with Gasteiger partial charge in [-0.25, -0.2) is 8.42 Å². The molecule has 1 aliphatic heterocycles. The Morgan fingerprint density at radius 3 is 2.47 bits per heavy atom. The normalized spacial score (nSPS) is 15.2. The van der Waals surface area contributed by atoms with Gasteiger partial charge >= 0.3 is 0 Å². The lowest BCUT2D eigenvalue weighted by atomic mass is 10.1. The van der Waals surface area contributed by atoms with Crippen molar-refractivity contribution < 1.29 is 22.7 Å². The summed E-state index contributed by atoms with van der Waals surface area (Å²) in [4.78, 5) is 28.3. The van der Waals surface area contributed by atoms with Crippen LogP contribution >= 0.6 is 0 Å². The molecule has 8 nitrogen and oxygen atoms in total. The van der Waals surface area contributed by atoms with Crippen LogP contribution in [0.5, 0.6) is 5.75 Å². The highest BCUT2D eigenvalue weighted by molar-refractivity contribution is 7.93. The van der Waals surface area contributed by atoms with Crippen LogP contribution in [0, 0.1) is 0 Å². The Hall–Kier alpha value is -3.59. The van der Waals surface area contributed by atoms with Crippen molar-refractivity contribution in [2.75, 3.05) is 18.0 Å². The number of carbonyl (C=O) groups is 2. The van der Waals surface area contributed by atoms with Gasteiger partial charge in [-0.05, 0) is 61.9 Å². The number of hydrogen-bond donors (Lipinski definition) is 1. The summed E-state index contributed by atoms with van der Waals surface area (Å²) in [5.41, 5.74) is 1.48. The van der Waals surface area contributed by atoms with Crippen LogP contribution in [0.2, 0.25) is 0 Å². The molecule has 0 aliphatic carbocycles. The molecule has 1 heterocycles. The third-order valence-corrected chi connectivity index (χ3v) is 8.94. The molecule has 38 heavy (non-hydrogen) atoms. The van der Waals surface area contributed by atoms with Crippen LogP contribution in [-0.2, 0) is 26.2 Å². The third kappa shape index (κ3) is 5.48. The van der Waals surface area contributed by atoms with Crippen molar-refractivity contribution >= 4 is 38.3 Å². The number of nitrogens with one attached hydrogen (secondary N) is 1. The monoisotopic (exact) mass is 537 g/mol. The lowest BCUT2D eigenvalue weighted by Crippen LogP contribution is -2.49. The second kappa shape index (κ2) is 11.4. The minimum atomic E-state index is -3.69. The number of anilines is 1. The number of carbonyl (C=O) groups excluding carboxylic acids is 2. The first-order valence-corrected chi connectivity index (χ1v) is 14.4. The molecular formula is C29H35N3O5S. The Morgan fingerprint density at radius 1 is 1.05 bits per heavy atom. The molecule has 0 bridgehead atoms. The second-order valence-corrected chi connectivity index (χ2v) is 11.5. The number of hydrogen-bond acceptors (Lipinski definition) is 5. The molecule has 3 aromatic rings. The molecule has 0 saturated carbocycles. The van der Waals surface area contributed by atoms with Gasteiger partial charge in [0.2, 0.25) is 11.8 Å². The zero-order valence-electron chi connectivity index (χ0n) is 22.3. The Labute approximate surface area is 224 Å². The lowest BCUT2D eigenvalue weighted by molar-refractivity contribution is -0.140. The summed E-state index contributed by atoms with van der Waals surface area (Å²) in [6.07, 6.45) is 1.20. The Morgan fingerprint density at radius 2 is 1.76 bits per heavy atom. The summed E-state index contributed by atoms with van der Waals surface area (Å²) in [5.74, 6) is 0.228. The molecule has 0 saturated heterocycles. The third-order valence-electron chi connectivity index (χ3n) is 7.09. The molecule has 0 spiro atoms. The number of amides is 2. The van der Waals surface area contributed by atoms with E-state index in [1.807, 2.05) is 56.3 Å². The maximum Gasteiger partial charge on any atom is 0.265 e. The second-order valence-electron chi connectivity index (χ2n) is 9.68. The zero-order chi connectivity index (χ0) is 27.4. The first kappa shape index (κ1) is 27.4. The van der Waals surface area contributed by atoms with Crippen LogP contribution in [-0.4, -0.2) is 50.9 Å². The van der Waals surface area contributed by atoms with Crippen LogP contribution in [0.4, 0.5) is 5.69 Å². The van der Waals surface area contributed by atoms with Crippen molar-refractivity contribution in [3.63, 3.8) is 0 Å². The molecule has 3 aromatic carbocycles.